The molecule has 2 aromatic rings. The highest BCUT2D eigenvalue weighted by Gasteiger charge is 2.17. The number of Topliss-reactive ketones (excluding diaryl/α,β-unsaturated/α-hetero) is 1. The van der Waals surface area contributed by atoms with Crippen molar-refractivity contribution in [3.05, 3.63) is 70.8 Å². The van der Waals surface area contributed by atoms with Gasteiger partial charge in [0.25, 0.3) is 0 Å². The number of piperidine rings is 1. The number of hydrogen-bond donors (Lipinski definition) is 0. The van der Waals surface area contributed by atoms with Crippen LogP contribution in [0, 0.1) is 5.82 Å². The maximum absolute atomic E-state index is 14.7. The SMILES string of the molecule is CN1CCC(=C(F)c2cccc(CC(=O)c3ccc(F)cc3)n2)CC1. The van der Waals surface area contributed by atoms with Gasteiger partial charge in [0.1, 0.15) is 11.6 Å². The third kappa shape index (κ3) is 4.37. The summed E-state index contributed by atoms with van der Waals surface area (Å²) < 4.78 is 27.7. The largest absolute Gasteiger partial charge is 0.306 e. The molecule has 0 unspecified atom stereocenters. The first-order chi connectivity index (χ1) is 12.0. The fourth-order valence-corrected chi connectivity index (χ4v) is 2.89. The Morgan fingerprint density at radius 3 is 2.48 bits per heavy atom. The van der Waals surface area contributed by atoms with Crippen molar-refractivity contribution < 1.29 is 13.6 Å². The Balaban J connectivity index is 1.76. The Bertz CT molecular complexity index is 790. The third-order valence-electron chi connectivity index (χ3n) is 4.44. The van der Waals surface area contributed by atoms with Gasteiger partial charge < -0.3 is 4.90 Å². The predicted molar refractivity (Wildman–Crippen MR) is 93.4 cm³/mol. The Labute approximate surface area is 146 Å². The first-order valence-corrected chi connectivity index (χ1v) is 8.34. The van der Waals surface area contributed by atoms with E-state index in [0.717, 1.165) is 18.7 Å². The average molecular weight is 342 g/mol. The van der Waals surface area contributed by atoms with Crippen LogP contribution in [0.2, 0.25) is 0 Å². The second kappa shape index (κ2) is 7.66. The Hall–Kier alpha value is -2.40. The molecule has 0 spiro atoms. The number of aromatic nitrogens is 1. The van der Waals surface area contributed by atoms with E-state index in [1.54, 1.807) is 18.2 Å². The van der Waals surface area contributed by atoms with Gasteiger partial charge in [-0.05, 0) is 61.9 Å². The van der Waals surface area contributed by atoms with E-state index in [0.29, 0.717) is 24.1 Å². The van der Waals surface area contributed by atoms with Gasteiger partial charge >= 0.3 is 0 Å². The zero-order chi connectivity index (χ0) is 17.8. The molecule has 0 saturated carbocycles. The van der Waals surface area contributed by atoms with Gasteiger partial charge in [0, 0.05) is 24.3 Å². The van der Waals surface area contributed by atoms with Crippen molar-refractivity contribution in [1.82, 2.24) is 9.88 Å². The molecule has 3 nitrogen and oxygen atoms in total. The van der Waals surface area contributed by atoms with E-state index in [9.17, 15) is 13.6 Å². The topological polar surface area (TPSA) is 33.2 Å². The quantitative estimate of drug-likeness (QED) is 0.786. The molecule has 0 amide bonds. The van der Waals surface area contributed by atoms with Gasteiger partial charge in [0.05, 0.1) is 12.1 Å². The van der Waals surface area contributed by atoms with Crippen molar-refractivity contribution in [3.8, 4) is 0 Å². The van der Waals surface area contributed by atoms with Crippen LogP contribution in [0.4, 0.5) is 8.78 Å². The van der Waals surface area contributed by atoms with Crippen LogP contribution >= 0.6 is 0 Å². The van der Waals surface area contributed by atoms with Crippen molar-refractivity contribution in [2.75, 3.05) is 20.1 Å². The van der Waals surface area contributed by atoms with Gasteiger partial charge in [-0.25, -0.2) is 13.8 Å². The minimum Gasteiger partial charge on any atom is -0.306 e. The van der Waals surface area contributed by atoms with E-state index in [4.69, 9.17) is 0 Å². The van der Waals surface area contributed by atoms with Crippen LogP contribution in [0.25, 0.3) is 5.83 Å². The summed E-state index contributed by atoms with van der Waals surface area (Å²) >= 11 is 0. The lowest BCUT2D eigenvalue weighted by Gasteiger charge is -2.24. The molecule has 1 saturated heterocycles. The van der Waals surface area contributed by atoms with Crippen molar-refractivity contribution in [2.45, 2.75) is 19.3 Å². The summed E-state index contributed by atoms with van der Waals surface area (Å²) in [5.41, 5.74) is 2.00. The Kier molecular flexibility index (Phi) is 5.34. The molecule has 3 rings (SSSR count). The number of ketones is 1. The van der Waals surface area contributed by atoms with Gasteiger partial charge in [-0.1, -0.05) is 6.07 Å². The highest BCUT2D eigenvalue weighted by molar-refractivity contribution is 5.97. The fraction of sp³-hybridized carbons (Fsp3) is 0.300. The van der Waals surface area contributed by atoms with Crippen LogP contribution in [0.5, 0.6) is 0 Å². The molecular weight excluding hydrogens is 322 g/mol. The van der Waals surface area contributed by atoms with E-state index in [-0.39, 0.29) is 29.5 Å². The molecule has 0 radical (unpaired) electrons. The molecule has 0 N–H and O–H groups in total. The van der Waals surface area contributed by atoms with Crippen molar-refractivity contribution >= 4 is 11.6 Å². The van der Waals surface area contributed by atoms with Gasteiger partial charge in [0.2, 0.25) is 0 Å². The molecule has 0 bridgehead atoms. The molecule has 1 aliphatic heterocycles. The number of carbonyl (C=O) groups excluding carboxylic acids is 1. The van der Waals surface area contributed by atoms with Gasteiger partial charge in [-0.2, -0.15) is 0 Å². The molecule has 1 aromatic carbocycles. The molecule has 1 aromatic heterocycles. The molecular formula is C20H20F2N2O. The molecule has 1 fully saturated rings. The molecule has 0 atom stereocenters. The van der Waals surface area contributed by atoms with Crippen molar-refractivity contribution in [2.24, 2.45) is 0 Å². The average Bonchev–Trinajstić information content (AvgIpc) is 2.62. The first-order valence-electron chi connectivity index (χ1n) is 8.34. The van der Waals surface area contributed by atoms with E-state index in [2.05, 4.69) is 9.88 Å². The lowest BCUT2D eigenvalue weighted by molar-refractivity contribution is 0.0992. The van der Waals surface area contributed by atoms with Gasteiger partial charge in [-0.3, -0.25) is 4.79 Å². The van der Waals surface area contributed by atoms with Crippen LogP contribution in [0.3, 0.4) is 0 Å². The second-order valence-corrected chi connectivity index (χ2v) is 6.34. The smallest absolute Gasteiger partial charge is 0.168 e. The van der Waals surface area contributed by atoms with E-state index >= 15 is 0 Å². The zero-order valence-electron chi connectivity index (χ0n) is 14.1. The molecule has 130 valence electrons. The fourth-order valence-electron chi connectivity index (χ4n) is 2.89. The van der Waals surface area contributed by atoms with E-state index in [1.165, 1.54) is 24.3 Å². The minimum absolute atomic E-state index is 0.0603. The summed E-state index contributed by atoms with van der Waals surface area (Å²) in [6.07, 6.45) is 1.45. The number of rotatable bonds is 4. The highest BCUT2D eigenvalue weighted by atomic mass is 19.1. The standard InChI is InChI=1S/C20H20F2N2O/c1-24-11-9-15(10-12-24)20(22)18-4-2-3-17(23-18)13-19(25)14-5-7-16(21)8-6-14/h2-8H,9-13H2,1H3. The number of likely N-dealkylation sites (tertiary alicyclic amines) is 1. The molecule has 25 heavy (non-hydrogen) atoms. The molecule has 1 aliphatic rings. The van der Waals surface area contributed by atoms with Crippen molar-refractivity contribution in [1.29, 1.82) is 0 Å². The normalized spacial score (nSPS) is 15.2. The number of benzene rings is 1. The summed E-state index contributed by atoms with van der Waals surface area (Å²) in [5, 5.41) is 0. The van der Waals surface area contributed by atoms with E-state index in [1.807, 2.05) is 7.05 Å². The predicted octanol–water partition coefficient (Wildman–Crippen LogP) is 4.05. The van der Waals surface area contributed by atoms with Crippen molar-refractivity contribution in [3.63, 3.8) is 0 Å². The first kappa shape index (κ1) is 17.4. The number of carbonyl (C=O) groups is 1. The third-order valence-corrected chi connectivity index (χ3v) is 4.44. The number of nitrogens with zero attached hydrogens (tertiary/aromatic N) is 2. The monoisotopic (exact) mass is 342 g/mol. The highest BCUT2D eigenvalue weighted by Crippen LogP contribution is 2.26. The zero-order valence-corrected chi connectivity index (χ0v) is 14.1. The number of hydrogen-bond acceptors (Lipinski definition) is 3. The summed E-state index contributed by atoms with van der Waals surface area (Å²) in [6.45, 7) is 1.68. The minimum atomic E-state index is -0.386. The van der Waals surface area contributed by atoms with Gasteiger partial charge in [-0.15, -0.1) is 0 Å². The van der Waals surface area contributed by atoms with Crippen LogP contribution in [0.1, 0.15) is 34.6 Å². The summed E-state index contributed by atoms with van der Waals surface area (Å²) in [4.78, 5) is 18.7. The number of halogens is 2. The van der Waals surface area contributed by atoms with Crippen LogP contribution < -0.4 is 0 Å². The lowest BCUT2D eigenvalue weighted by Crippen LogP contribution is -2.26. The van der Waals surface area contributed by atoms with Crippen LogP contribution in [-0.4, -0.2) is 35.8 Å². The van der Waals surface area contributed by atoms with Crippen LogP contribution in [0.15, 0.2) is 48.0 Å². The second-order valence-electron chi connectivity index (χ2n) is 6.34. The van der Waals surface area contributed by atoms with Gasteiger partial charge in [0.15, 0.2) is 5.78 Å². The van der Waals surface area contributed by atoms with E-state index < -0.39 is 0 Å². The lowest BCUT2D eigenvalue weighted by atomic mass is 10.0. The van der Waals surface area contributed by atoms with Crippen LogP contribution in [-0.2, 0) is 6.42 Å². The molecule has 0 aliphatic carbocycles. The summed E-state index contributed by atoms with van der Waals surface area (Å²) in [5.74, 6) is -0.829. The maximum Gasteiger partial charge on any atom is 0.168 e. The molecule has 5 heteroatoms. The summed E-state index contributed by atoms with van der Waals surface area (Å²) in [6, 6.07) is 10.4. The maximum atomic E-state index is 14.7. The Morgan fingerprint density at radius 2 is 1.80 bits per heavy atom. The summed E-state index contributed by atoms with van der Waals surface area (Å²) in [7, 11) is 2.02. The Morgan fingerprint density at radius 1 is 1.12 bits per heavy atom. The molecule has 2 heterocycles. The number of pyridine rings is 1.